The number of aryl methyl sites for hydroxylation is 1. The molecule has 1 fully saturated rings. The molecule has 19 heavy (non-hydrogen) atoms. The van der Waals surface area contributed by atoms with Gasteiger partial charge in [-0.1, -0.05) is 13.0 Å². The van der Waals surface area contributed by atoms with Crippen LogP contribution < -0.4 is 5.32 Å². The summed E-state index contributed by atoms with van der Waals surface area (Å²) in [6, 6.07) is 6.75. The van der Waals surface area contributed by atoms with Crippen LogP contribution in [0.2, 0.25) is 0 Å². The number of rotatable bonds is 3. The summed E-state index contributed by atoms with van der Waals surface area (Å²) in [5, 5.41) is 12.1. The lowest BCUT2D eigenvalue weighted by Gasteiger charge is -2.16. The number of aromatic nitrogens is 2. The summed E-state index contributed by atoms with van der Waals surface area (Å²) in [6.45, 7) is 4.40. The Kier molecular flexibility index (Phi) is 3.46. The Morgan fingerprint density at radius 3 is 3.00 bits per heavy atom. The highest BCUT2D eigenvalue weighted by Gasteiger charge is 2.22. The Bertz CT molecular complexity index is 556. The first kappa shape index (κ1) is 12.5. The summed E-state index contributed by atoms with van der Waals surface area (Å²) < 4.78 is 5.25. The highest BCUT2D eigenvalue weighted by molar-refractivity contribution is 8.00. The third kappa shape index (κ3) is 2.76. The summed E-state index contributed by atoms with van der Waals surface area (Å²) in [5.41, 5.74) is 3.37. The summed E-state index contributed by atoms with van der Waals surface area (Å²) in [4.78, 5) is 0. The lowest BCUT2D eigenvalue weighted by Crippen LogP contribution is -2.19. The summed E-state index contributed by atoms with van der Waals surface area (Å²) >= 11 is 2.03. The van der Waals surface area contributed by atoms with Crippen LogP contribution in [0.25, 0.3) is 11.5 Å². The lowest BCUT2D eigenvalue weighted by atomic mass is 10.1. The number of nitrogens with one attached hydrogen (secondary N) is 1. The molecule has 1 aromatic heterocycles. The summed E-state index contributed by atoms with van der Waals surface area (Å²) in [6.07, 6.45) is 2.58. The zero-order valence-electron chi connectivity index (χ0n) is 11.1. The standard InChI is InChI=1S/C14H17N3OS/c1-9-3-4-11(14-17-15-8-18-14)6-13(9)16-12-5-10(2)19-7-12/h3-4,6,8,10,12,16H,5,7H2,1-2H3. The fourth-order valence-electron chi connectivity index (χ4n) is 2.35. The fraction of sp³-hybridized carbons (Fsp3) is 0.429. The number of hydrogen-bond acceptors (Lipinski definition) is 5. The van der Waals surface area contributed by atoms with Crippen LogP contribution in [-0.4, -0.2) is 27.2 Å². The topological polar surface area (TPSA) is 51.0 Å². The van der Waals surface area contributed by atoms with Crippen LogP contribution in [0.15, 0.2) is 29.0 Å². The third-order valence-corrected chi connectivity index (χ3v) is 4.76. The minimum absolute atomic E-state index is 0.552. The van der Waals surface area contributed by atoms with Crippen molar-refractivity contribution in [2.75, 3.05) is 11.1 Å². The van der Waals surface area contributed by atoms with Crippen molar-refractivity contribution in [3.63, 3.8) is 0 Å². The van der Waals surface area contributed by atoms with Crippen LogP contribution in [0.3, 0.4) is 0 Å². The first-order chi connectivity index (χ1) is 9.22. The van der Waals surface area contributed by atoms with E-state index in [1.54, 1.807) is 0 Å². The first-order valence-corrected chi connectivity index (χ1v) is 7.52. The van der Waals surface area contributed by atoms with E-state index >= 15 is 0 Å². The van der Waals surface area contributed by atoms with Gasteiger partial charge in [-0.15, -0.1) is 10.2 Å². The minimum Gasteiger partial charge on any atom is -0.423 e. The van der Waals surface area contributed by atoms with Crippen LogP contribution in [0.4, 0.5) is 5.69 Å². The van der Waals surface area contributed by atoms with Gasteiger partial charge in [0.05, 0.1) is 0 Å². The molecule has 1 N–H and O–H groups in total. The van der Waals surface area contributed by atoms with Gasteiger partial charge in [-0.05, 0) is 31.0 Å². The van der Waals surface area contributed by atoms with E-state index in [2.05, 4.69) is 41.5 Å². The van der Waals surface area contributed by atoms with E-state index in [9.17, 15) is 0 Å². The SMILES string of the molecule is Cc1ccc(-c2nnco2)cc1NC1CSC(C)C1. The molecule has 0 radical (unpaired) electrons. The molecule has 2 atom stereocenters. The minimum atomic E-state index is 0.552. The van der Waals surface area contributed by atoms with Crippen molar-refractivity contribution in [2.45, 2.75) is 31.6 Å². The highest BCUT2D eigenvalue weighted by atomic mass is 32.2. The average molecular weight is 275 g/mol. The molecule has 0 saturated carbocycles. The Balaban J connectivity index is 1.82. The quantitative estimate of drug-likeness (QED) is 0.931. The molecule has 0 spiro atoms. The normalized spacial score (nSPS) is 22.6. The van der Waals surface area contributed by atoms with Gasteiger partial charge in [0.1, 0.15) is 0 Å². The molecule has 1 aliphatic heterocycles. The number of nitrogens with zero attached hydrogens (tertiary/aromatic N) is 2. The van der Waals surface area contributed by atoms with E-state index in [1.165, 1.54) is 24.1 Å². The van der Waals surface area contributed by atoms with E-state index in [-0.39, 0.29) is 0 Å². The van der Waals surface area contributed by atoms with Gasteiger partial charge in [-0.3, -0.25) is 0 Å². The Morgan fingerprint density at radius 2 is 2.32 bits per heavy atom. The third-order valence-electron chi connectivity index (χ3n) is 3.40. The second-order valence-electron chi connectivity index (χ2n) is 4.99. The van der Waals surface area contributed by atoms with E-state index in [0.29, 0.717) is 11.9 Å². The molecular formula is C14H17N3OS. The van der Waals surface area contributed by atoms with Gasteiger partial charge in [-0.2, -0.15) is 11.8 Å². The Morgan fingerprint density at radius 1 is 1.42 bits per heavy atom. The van der Waals surface area contributed by atoms with Gasteiger partial charge >= 0.3 is 0 Å². The molecule has 1 aromatic carbocycles. The van der Waals surface area contributed by atoms with Gasteiger partial charge in [0.25, 0.3) is 0 Å². The Hall–Kier alpha value is -1.49. The molecule has 2 heterocycles. The van der Waals surface area contributed by atoms with Crippen LogP contribution in [0, 0.1) is 6.92 Å². The predicted octanol–water partition coefficient (Wildman–Crippen LogP) is 3.35. The summed E-state index contributed by atoms with van der Waals surface area (Å²) in [7, 11) is 0. The Labute approximate surface area is 117 Å². The molecule has 2 aromatic rings. The maximum absolute atomic E-state index is 5.25. The number of benzene rings is 1. The number of hydrogen-bond donors (Lipinski definition) is 1. The van der Waals surface area contributed by atoms with Gasteiger partial charge in [0.2, 0.25) is 12.3 Å². The second kappa shape index (κ2) is 5.25. The lowest BCUT2D eigenvalue weighted by molar-refractivity contribution is 0.568. The molecule has 0 bridgehead atoms. The zero-order valence-corrected chi connectivity index (χ0v) is 11.9. The van der Waals surface area contributed by atoms with Crippen molar-refractivity contribution in [3.05, 3.63) is 30.2 Å². The molecule has 3 rings (SSSR count). The van der Waals surface area contributed by atoms with Crippen molar-refractivity contribution >= 4 is 17.4 Å². The zero-order chi connectivity index (χ0) is 13.2. The van der Waals surface area contributed by atoms with Crippen molar-refractivity contribution in [1.82, 2.24) is 10.2 Å². The maximum Gasteiger partial charge on any atom is 0.247 e. The molecular weight excluding hydrogens is 258 g/mol. The molecule has 100 valence electrons. The molecule has 1 saturated heterocycles. The molecule has 2 unspecified atom stereocenters. The monoisotopic (exact) mass is 275 g/mol. The van der Waals surface area contributed by atoms with Crippen molar-refractivity contribution < 1.29 is 4.42 Å². The van der Waals surface area contributed by atoms with Crippen LogP contribution in [0.5, 0.6) is 0 Å². The van der Waals surface area contributed by atoms with Crippen LogP contribution in [-0.2, 0) is 0 Å². The first-order valence-electron chi connectivity index (χ1n) is 6.47. The molecule has 5 heteroatoms. The molecule has 0 aliphatic carbocycles. The largest absolute Gasteiger partial charge is 0.423 e. The smallest absolute Gasteiger partial charge is 0.247 e. The molecule has 1 aliphatic rings. The second-order valence-corrected chi connectivity index (χ2v) is 6.47. The van der Waals surface area contributed by atoms with Gasteiger partial charge in [-0.25, -0.2) is 0 Å². The van der Waals surface area contributed by atoms with E-state index in [4.69, 9.17) is 4.42 Å². The number of thioether (sulfide) groups is 1. The van der Waals surface area contributed by atoms with E-state index in [1.807, 2.05) is 17.8 Å². The number of anilines is 1. The van der Waals surface area contributed by atoms with Crippen molar-refractivity contribution in [3.8, 4) is 11.5 Å². The van der Waals surface area contributed by atoms with Crippen LogP contribution in [0.1, 0.15) is 18.9 Å². The average Bonchev–Trinajstić information content (AvgIpc) is 3.04. The highest BCUT2D eigenvalue weighted by Crippen LogP contribution is 2.30. The maximum atomic E-state index is 5.25. The van der Waals surface area contributed by atoms with Gasteiger partial charge in [0.15, 0.2) is 0 Å². The van der Waals surface area contributed by atoms with Crippen LogP contribution >= 0.6 is 11.8 Å². The predicted molar refractivity (Wildman–Crippen MR) is 78.4 cm³/mol. The molecule has 4 nitrogen and oxygen atoms in total. The van der Waals surface area contributed by atoms with Gasteiger partial charge < -0.3 is 9.73 Å². The fourth-order valence-corrected chi connectivity index (χ4v) is 3.50. The van der Waals surface area contributed by atoms with E-state index < -0.39 is 0 Å². The van der Waals surface area contributed by atoms with Crippen molar-refractivity contribution in [1.29, 1.82) is 0 Å². The molecule has 0 amide bonds. The van der Waals surface area contributed by atoms with Gasteiger partial charge in [0, 0.05) is 28.3 Å². The van der Waals surface area contributed by atoms with E-state index in [0.717, 1.165) is 16.5 Å². The summed E-state index contributed by atoms with van der Waals surface area (Å²) in [5.74, 6) is 1.74. The van der Waals surface area contributed by atoms with Crippen molar-refractivity contribution in [2.24, 2.45) is 0 Å².